The molecule has 1 unspecified atom stereocenters. The second-order valence-electron chi connectivity index (χ2n) is 6.13. The zero-order chi connectivity index (χ0) is 14.4. The van der Waals surface area contributed by atoms with Gasteiger partial charge in [-0.3, -0.25) is 9.59 Å². The minimum atomic E-state index is -0.148. The number of piperidine rings is 1. The second-order valence-corrected chi connectivity index (χ2v) is 6.13. The summed E-state index contributed by atoms with van der Waals surface area (Å²) >= 11 is 0. The lowest BCUT2D eigenvalue weighted by Crippen LogP contribution is -2.61. The molecule has 20 heavy (non-hydrogen) atoms. The predicted molar refractivity (Wildman–Crippen MR) is 79.3 cm³/mol. The van der Waals surface area contributed by atoms with Crippen molar-refractivity contribution in [2.75, 3.05) is 19.6 Å². The summed E-state index contributed by atoms with van der Waals surface area (Å²) in [5, 5.41) is 0. The lowest BCUT2D eigenvalue weighted by Gasteiger charge is -2.42. The van der Waals surface area contributed by atoms with Crippen LogP contribution in [0, 0.1) is 0 Å². The monoisotopic (exact) mass is 280 g/mol. The van der Waals surface area contributed by atoms with E-state index < -0.39 is 0 Å². The first kappa shape index (κ1) is 15.3. The molecule has 4 nitrogen and oxygen atoms in total. The summed E-state index contributed by atoms with van der Waals surface area (Å²) in [6.07, 6.45) is 10.3. The fourth-order valence-corrected chi connectivity index (χ4v) is 3.30. The first-order valence-corrected chi connectivity index (χ1v) is 8.32. The number of hydrogen-bond acceptors (Lipinski definition) is 2. The summed E-state index contributed by atoms with van der Waals surface area (Å²) in [6, 6.07) is -0.148. The van der Waals surface area contributed by atoms with Gasteiger partial charge in [0.15, 0.2) is 0 Å². The molecule has 4 heteroatoms. The average molecular weight is 280 g/mol. The molecule has 0 radical (unpaired) electrons. The number of fused-ring (bicyclic) bond motifs is 1. The maximum atomic E-state index is 12.4. The number of unbranched alkanes of at least 4 members (excludes halogenated alkanes) is 5. The van der Waals surface area contributed by atoms with E-state index in [1.807, 2.05) is 4.90 Å². The molecule has 114 valence electrons. The van der Waals surface area contributed by atoms with E-state index in [0.717, 1.165) is 38.8 Å². The Labute approximate surface area is 122 Å². The lowest BCUT2D eigenvalue weighted by molar-refractivity contribution is -0.157. The second kappa shape index (κ2) is 7.65. The molecule has 2 aliphatic rings. The van der Waals surface area contributed by atoms with Gasteiger partial charge in [0.05, 0.1) is 6.54 Å². The maximum absolute atomic E-state index is 12.4. The van der Waals surface area contributed by atoms with Crippen LogP contribution < -0.4 is 0 Å². The number of piperazine rings is 1. The standard InChI is InChI=1S/C16H28N2O2/c1-2-3-4-5-6-8-11-17-13-15(19)18-12-9-7-10-14(18)16(17)20/h14H,2-13H2,1H3. The fraction of sp³-hybridized carbons (Fsp3) is 0.875. The topological polar surface area (TPSA) is 40.6 Å². The molecule has 0 aromatic carbocycles. The zero-order valence-corrected chi connectivity index (χ0v) is 12.8. The quantitative estimate of drug-likeness (QED) is 0.673. The highest BCUT2D eigenvalue weighted by atomic mass is 16.2. The Hall–Kier alpha value is -1.06. The van der Waals surface area contributed by atoms with Crippen molar-refractivity contribution in [3.05, 3.63) is 0 Å². The van der Waals surface area contributed by atoms with Gasteiger partial charge in [0.25, 0.3) is 0 Å². The minimum Gasteiger partial charge on any atom is -0.332 e. The third-order valence-electron chi connectivity index (χ3n) is 4.53. The molecule has 0 saturated carbocycles. The molecule has 2 heterocycles. The number of amides is 2. The highest BCUT2D eigenvalue weighted by Gasteiger charge is 2.39. The molecule has 2 fully saturated rings. The lowest BCUT2D eigenvalue weighted by atomic mass is 9.98. The molecule has 2 rings (SSSR count). The number of carbonyl (C=O) groups is 2. The third kappa shape index (κ3) is 3.74. The fourth-order valence-electron chi connectivity index (χ4n) is 3.30. The van der Waals surface area contributed by atoms with Crippen molar-refractivity contribution in [1.29, 1.82) is 0 Å². The van der Waals surface area contributed by atoms with Gasteiger partial charge < -0.3 is 9.80 Å². The van der Waals surface area contributed by atoms with Gasteiger partial charge in [-0.25, -0.2) is 0 Å². The first-order valence-electron chi connectivity index (χ1n) is 8.32. The number of rotatable bonds is 7. The highest BCUT2D eigenvalue weighted by molar-refractivity contribution is 5.95. The van der Waals surface area contributed by atoms with E-state index in [4.69, 9.17) is 0 Å². The van der Waals surface area contributed by atoms with E-state index >= 15 is 0 Å². The van der Waals surface area contributed by atoms with Crippen molar-refractivity contribution in [1.82, 2.24) is 9.80 Å². The summed E-state index contributed by atoms with van der Waals surface area (Å²) in [5.41, 5.74) is 0. The van der Waals surface area contributed by atoms with Crippen molar-refractivity contribution in [2.24, 2.45) is 0 Å². The van der Waals surface area contributed by atoms with Crippen LogP contribution in [0.25, 0.3) is 0 Å². The molecule has 1 atom stereocenters. The summed E-state index contributed by atoms with van der Waals surface area (Å²) in [6.45, 7) is 4.07. The van der Waals surface area contributed by atoms with Gasteiger partial charge in [-0.2, -0.15) is 0 Å². The third-order valence-corrected chi connectivity index (χ3v) is 4.53. The summed E-state index contributed by atoms with van der Waals surface area (Å²) < 4.78 is 0. The predicted octanol–water partition coefficient (Wildman–Crippen LogP) is 2.57. The number of nitrogens with zero attached hydrogens (tertiary/aromatic N) is 2. The van der Waals surface area contributed by atoms with Crippen LogP contribution in [-0.2, 0) is 9.59 Å². The summed E-state index contributed by atoms with van der Waals surface area (Å²) in [5.74, 6) is 0.346. The van der Waals surface area contributed by atoms with E-state index in [-0.39, 0.29) is 17.9 Å². The molecule has 0 aromatic heterocycles. The molecule has 0 aromatic rings. The van der Waals surface area contributed by atoms with E-state index in [1.165, 1.54) is 32.1 Å². The summed E-state index contributed by atoms with van der Waals surface area (Å²) in [7, 11) is 0. The molecule has 2 amide bonds. The van der Waals surface area contributed by atoms with E-state index in [2.05, 4.69) is 6.92 Å². The normalized spacial score (nSPS) is 23.1. The van der Waals surface area contributed by atoms with Gasteiger partial charge in [-0.15, -0.1) is 0 Å². The van der Waals surface area contributed by atoms with E-state index in [1.54, 1.807) is 4.90 Å². The molecule has 2 saturated heterocycles. The zero-order valence-electron chi connectivity index (χ0n) is 12.8. The minimum absolute atomic E-state index is 0.148. The van der Waals surface area contributed by atoms with Crippen molar-refractivity contribution >= 4 is 11.8 Å². The van der Waals surface area contributed by atoms with Gasteiger partial charge in [-0.05, 0) is 25.7 Å². The van der Waals surface area contributed by atoms with Gasteiger partial charge in [0.2, 0.25) is 11.8 Å². The van der Waals surface area contributed by atoms with Crippen LogP contribution in [0.2, 0.25) is 0 Å². The maximum Gasteiger partial charge on any atom is 0.245 e. The SMILES string of the molecule is CCCCCCCCN1CC(=O)N2CCCCC2C1=O. The Kier molecular flexibility index (Phi) is 5.86. The van der Waals surface area contributed by atoms with Gasteiger partial charge >= 0.3 is 0 Å². The van der Waals surface area contributed by atoms with Crippen LogP contribution in [0.4, 0.5) is 0 Å². The molecule has 0 spiro atoms. The van der Waals surface area contributed by atoms with E-state index in [9.17, 15) is 9.59 Å². The van der Waals surface area contributed by atoms with Gasteiger partial charge in [-0.1, -0.05) is 39.0 Å². The Bertz CT molecular complexity index is 343. The van der Waals surface area contributed by atoms with Gasteiger partial charge in [0.1, 0.15) is 6.04 Å². The van der Waals surface area contributed by atoms with Crippen molar-refractivity contribution < 1.29 is 9.59 Å². The van der Waals surface area contributed by atoms with Gasteiger partial charge in [0, 0.05) is 13.1 Å². The molecule has 0 bridgehead atoms. The van der Waals surface area contributed by atoms with Crippen molar-refractivity contribution in [3.63, 3.8) is 0 Å². The first-order chi connectivity index (χ1) is 9.74. The van der Waals surface area contributed by atoms with Crippen LogP contribution in [0.15, 0.2) is 0 Å². The Balaban J connectivity index is 1.74. The van der Waals surface area contributed by atoms with Crippen LogP contribution in [0.3, 0.4) is 0 Å². The molecule has 0 N–H and O–H groups in total. The molecule has 0 aliphatic carbocycles. The Morgan fingerprint density at radius 1 is 1.05 bits per heavy atom. The van der Waals surface area contributed by atoms with Crippen molar-refractivity contribution in [3.8, 4) is 0 Å². The molecule has 2 aliphatic heterocycles. The average Bonchev–Trinajstić information content (AvgIpc) is 2.47. The summed E-state index contributed by atoms with van der Waals surface area (Å²) in [4.78, 5) is 28.1. The van der Waals surface area contributed by atoms with Crippen molar-refractivity contribution in [2.45, 2.75) is 70.8 Å². The van der Waals surface area contributed by atoms with E-state index in [0.29, 0.717) is 6.54 Å². The smallest absolute Gasteiger partial charge is 0.245 e. The number of hydrogen-bond donors (Lipinski definition) is 0. The highest BCUT2D eigenvalue weighted by Crippen LogP contribution is 2.23. The van der Waals surface area contributed by atoms with Crippen LogP contribution in [0.5, 0.6) is 0 Å². The number of carbonyl (C=O) groups excluding carboxylic acids is 2. The van der Waals surface area contributed by atoms with Crippen LogP contribution in [0.1, 0.15) is 64.7 Å². The largest absolute Gasteiger partial charge is 0.332 e. The van der Waals surface area contributed by atoms with Crippen LogP contribution >= 0.6 is 0 Å². The Morgan fingerprint density at radius 2 is 1.80 bits per heavy atom. The van der Waals surface area contributed by atoms with Crippen LogP contribution in [-0.4, -0.2) is 47.3 Å². The Morgan fingerprint density at radius 3 is 2.60 bits per heavy atom. The molecular weight excluding hydrogens is 252 g/mol. The molecular formula is C16H28N2O2.